The molecule has 0 spiro atoms. The van der Waals surface area contributed by atoms with Crippen molar-refractivity contribution in [2.24, 2.45) is 10.7 Å². The van der Waals surface area contributed by atoms with E-state index in [1.54, 1.807) is 10.6 Å². The molecule has 160 valence electrons. The molecule has 1 aliphatic carbocycles. The summed E-state index contributed by atoms with van der Waals surface area (Å²) in [6, 6.07) is 5.54. The number of aromatic nitrogens is 2. The number of ether oxygens (including phenoxy) is 1. The van der Waals surface area contributed by atoms with Gasteiger partial charge in [0.25, 0.3) is 0 Å². The number of benzene rings is 1. The summed E-state index contributed by atoms with van der Waals surface area (Å²) >= 11 is 0. The second-order valence-electron chi connectivity index (χ2n) is 7.96. The minimum Gasteiger partial charge on any atom is -0.508 e. The molecule has 30 heavy (non-hydrogen) atoms. The second-order valence-corrected chi connectivity index (χ2v) is 7.96. The van der Waals surface area contributed by atoms with Crippen molar-refractivity contribution in [3.05, 3.63) is 46.5 Å². The van der Waals surface area contributed by atoms with Crippen LogP contribution in [0.1, 0.15) is 36.2 Å². The minimum absolute atomic E-state index is 0.0168. The molecule has 1 aromatic heterocycles. The number of fused-ring (bicyclic) bond motifs is 2. The zero-order valence-corrected chi connectivity index (χ0v) is 16.3. The smallest absolute Gasteiger partial charge is 0.165 e. The molecular formula is C20H25N5O5. The summed E-state index contributed by atoms with van der Waals surface area (Å²) in [6.45, 7) is -0.113. The van der Waals surface area contributed by atoms with Crippen molar-refractivity contribution >= 4 is 5.82 Å². The maximum absolute atomic E-state index is 10.3. The van der Waals surface area contributed by atoms with Crippen LogP contribution in [0.4, 0.5) is 0 Å². The van der Waals surface area contributed by atoms with Gasteiger partial charge in [0.1, 0.15) is 41.9 Å². The SMILES string of the molecule is NC1=c2ncn([C@@H]3O[C@H](CO)[C@@H](O)[C@H]3O)c2=NCN1C1CCCc2c(O)cccc21. The highest BCUT2D eigenvalue weighted by Crippen LogP contribution is 2.39. The van der Waals surface area contributed by atoms with E-state index in [2.05, 4.69) is 9.98 Å². The van der Waals surface area contributed by atoms with Crippen molar-refractivity contribution in [3.8, 4) is 5.75 Å². The minimum atomic E-state index is -1.22. The van der Waals surface area contributed by atoms with E-state index in [0.29, 0.717) is 29.1 Å². The summed E-state index contributed by atoms with van der Waals surface area (Å²) in [5.41, 5.74) is 8.95. The number of nitrogens with two attached hydrogens (primary N) is 1. The maximum atomic E-state index is 10.3. The summed E-state index contributed by atoms with van der Waals surface area (Å²) in [5, 5.41) is 40.4. The molecule has 2 aliphatic heterocycles. The zero-order chi connectivity index (χ0) is 21.0. The lowest BCUT2D eigenvalue weighted by Crippen LogP contribution is -2.48. The molecule has 10 nitrogen and oxygen atoms in total. The van der Waals surface area contributed by atoms with Crippen LogP contribution in [0.3, 0.4) is 0 Å². The Bertz CT molecular complexity index is 1090. The van der Waals surface area contributed by atoms with Gasteiger partial charge >= 0.3 is 0 Å². The first-order valence-electron chi connectivity index (χ1n) is 10.1. The number of aliphatic hydroxyl groups is 3. The molecule has 3 aliphatic rings. The van der Waals surface area contributed by atoms with Crippen LogP contribution in [0, 0.1) is 0 Å². The number of phenolic OH excluding ortho intramolecular Hbond substituents is 1. The van der Waals surface area contributed by atoms with Crippen molar-refractivity contribution in [3.63, 3.8) is 0 Å². The summed E-state index contributed by atoms with van der Waals surface area (Å²) in [4.78, 5) is 11.0. The fourth-order valence-corrected chi connectivity index (χ4v) is 4.74. The van der Waals surface area contributed by atoms with Gasteiger partial charge in [-0.2, -0.15) is 0 Å². The third-order valence-corrected chi connectivity index (χ3v) is 6.31. The monoisotopic (exact) mass is 415 g/mol. The van der Waals surface area contributed by atoms with Gasteiger partial charge in [-0.3, -0.25) is 4.57 Å². The molecule has 2 aromatic rings. The van der Waals surface area contributed by atoms with E-state index in [0.717, 1.165) is 30.4 Å². The van der Waals surface area contributed by atoms with Crippen LogP contribution in [-0.4, -0.2) is 66.5 Å². The van der Waals surface area contributed by atoms with Gasteiger partial charge in [-0.25, -0.2) is 9.98 Å². The lowest BCUT2D eigenvalue weighted by atomic mass is 9.86. The number of imidazole rings is 1. The standard InChI is InChI=1S/C20H25N5O5/c21-18-15-19(25(8-22-15)20-17(29)16(28)14(7-26)30-20)23-9-24(18)12-5-1-4-11-10(12)3-2-6-13(11)27/h2-3,6,8,12,14,16-17,20,26-29H,1,4-5,7,9,21H2/t12?,14-,16-,17-,20-/m1/s1. The van der Waals surface area contributed by atoms with Gasteiger partial charge < -0.3 is 35.8 Å². The maximum Gasteiger partial charge on any atom is 0.165 e. The molecule has 5 rings (SSSR count). The van der Waals surface area contributed by atoms with E-state index in [9.17, 15) is 20.4 Å². The van der Waals surface area contributed by atoms with Crippen molar-refractivity contribution in [1.29, 1.82) is 0 Å². The second kappa shape index (κ2) is 7.24. The first kappa shape index (κ1) is 19.3. The molecule has 0 saturated carbocycles. The number of nitrogens with zero attached hydrogens (tertiary/aromatic N) is 4. The first-order valence-corrected chi connectivity index (χ1v) is 10.1. The van der Waals surface area contributed by atoms with E-state index >= 15 is 0 Å². The van der Waals surface area contributed by atoms with Crippen molar-refractivity contribution in [1.82, 2.24) is 14.5 Å². The normalized spacial score (nSPS) is 30.7. The Balaban J connectivity index is 1.52. The Morgan fingerprint density at radius 2 is 2.07 bits per heavy atom. The van der Waals surface area contributed by atoms with Gasteiger partial charge in [-0.15, -0.1) is 0 Å². The van der Waals surface area contributed by atoms with Crippen LogP contribution in [0.15, 0.2) is 29.5 Å². The first-order chi connectivity index (χ1) is 14.5. The predicted octanol–water partition coefficient (Wildman–Crippen LogP) is -1.81. The van der Waals surface area contributed by atoms with Crippen molar-refractivity contribution in [2.75, 3.05) is 13.3 Å². The molecule has 1 aromatic carbocycles. The van der Waals surface area contributed by atoms with Crippen molar-refractivity contribution in [2.45, 2.75) is 49.8 Å². The molecule has 1 fully saturated rings. The molecule has 3 heterocycles. The highest BCUT2D eigenvalue weighted by molar-refractivity contribution is 5.46. The van der Waals surface area contributed by atoms with E-state index in [-0.39, 0.29) is 6.04 Å². The van der Waals surface area contributed by atoms with E-state index in [1.807, 2.05) is 17.0 Å². The van der Waals surface area contributed by atoms with Crippen LogP contribution < -0.4 is 16.6 Å². The van der Waals surface area contributed by atoms with Crippen LogP contribution in [0.25, 0.3) is 5.82 Å². The number of hydrogen-bond acceptors (Lipinski definition) is 9. The van der Waals surface area contributed by atoms with E-state index in [4.69, 9.17) is 10.5 Å². The van der Waals surface area contributed by atoms with Gasteiger partial charge in [-0.05, 0) is 36.5 Å². The Kier molecular flexibility index (Phi) is 4.66. The fraction of sp³-hybridized carbons (Fsp3) is 0.500. The van der Waals surface area contributed by atoms with Crippen LogP contribution in [-0.2, 0) is 11.2 Å². The fourth-order valence-electron chi connectivity index (χ4n) is 4.74. The van der Waals surface area contributed by atoms with Gasteiger partial charge in [0, 0.05) is 0 Å². The van der Waals surface area contributed by atoms with E-state index < -0.39 is 31.1 Å². The highest BCUT2D eigenvalue weighted by atomic mass is 16.6. The van der Waals surface area contributed by atoms with Crippen molar-refractivity contribution < 1.29 is 25.2 Å². The summed E-state index contributed by atoms with van der Waals surface area (Å²) in [6.07, 6.45) is -0.0887. The van der Waals surface area contributed by atoms with Crippen LogP contribution >= 0.6 is 0 Å². The number of aromatic hydroxyl groups is 1. The molecule has 5 atom stereocenters. The lowest BCUT2D eigenvalue weighted by molar-refractivity contribution is -0.0546. The Morgan fingerprint density at radius 1 is 1.23 bits per heavy atom. The molecular weight excluding hydrogens is 390 g/mol. The molecule has 0 amide bonds. The number of aliphatic hydroxyl groups excluding tert-OH is 3. The molecule has 6 N–H and O–H groups in total. The summed E-state index contributed by atoms with van der Waals surface area (Å²) < 4.78 is 7.15. The number of rotatable bonds is 3. The zero-order valence-electron chi connectivity index (χ0n) is 16.3. The molecule has 1 saturated heterocycles. The molecule has 1 unspecified atom stereocenters. The Labute approximate surface area is 172 Å². The predicted molar refractivity (Wildman–Crippen MR) is 104 cm³/mol. The average molecular weight is 415 g/mol. The average Bonchev–Trinajstić information content (AvgIpc) is 3.30. The van der Waals surface area contributed by atoms with Crippen LogP contribution in [0.2, 0.25) is 0 Å². The topological polar surface area (TPSA) is 150 Å². The number of phenols is 1. The lowest BCUT2D eigenvalue weighted by Gasteiger charge is -2.37. The van der Waals surface area contributed by atoms with Crippen LogP contribution in [0.5, 0.6) is 5.75 Å². The third-order valence-electron chi connectivity index (χ3n) is 6.31. The quantitative estimate of drug-likeness (QED) is 0.394. The molecule has 0 bridgehead atoms. The molecule has 0 radical (unpaired) electrons. The highest BCUT2D eigenvalue weighted by Gasteiger charge is 2.44. The van der Waals surface area contributed by atoms with Gasteiger partial charge in [-0.1, -0.05) is 12.1 Å². The van der Waals surface area contributed by atoms with E-state index in [1.165, 1.54) is 6.33 Å². The Morgan fingerprint density at radius 3 is 2.83 bits per heavy atom. The van der Waals surface area contributed by atoms with Gasteiger partial charge in [0.15, 0.2) is 11.7 Å². The largest absolute Gasteiger partial charge is 0.508 e. The van der Waals surface area contributed by atoms with Gasteiger partial charge in [0.05, 0.1) is 19.0 Å². The molecule has 10 heteroatoms. The summed E-state index contributed by atoms with van der Waals surface area (Å²) in [5.74, 6) is 0.769. The Hall–Kier alpha value is -2.66. The number of hydrogen-bond donors (Lipinski definition) is 5. The van der Waals surface area contributed by atoms with Gasteiger partial charge in [0.2, 0.25) is 0 Å². The summed E-state index contributed by atoms with van der Waals surface area (Å²) in [7, 11) is 0. The third kappa shape index (κ3) is 2.79.